The van der Waals surface area contributed by atoms with E-state index in [9.17, 15) is 5.11 Å². The molecule has 2 heteroatoms. The molecule has 1 rings (SSSR count). The Morgan fingerprint density at radius 1 is 1.18 bits per heavy atom. The maximum atomic E-state index is 9.45. The smallest absolute Gasteiger partial charge is 0.0484 e. The van der Waals surface area contributed by atoms with Crippen LogP contribution < -0.4 is 0 Å². The average Bonchev–Trinajstić information content (AvgIpc) is 2.36. The lowest BCUT2D eigenvalue weighted by atomic mass is 9.81. The number of aliphatic hydroxyl groups is 1. The molecule has 0 amide bonds. The molecule has 0 aromatic heterocycles. The fraction of sp³-hybridized carbons (Fsp3) is 1.00. The molecule has 1 unspecified atom stereocenters. The first-order chi connectivity index (χ1) is 8.20. The Kier molecular flexibility index (Phi) is 7.14. The molecule has 0 aromatic carbocycles. The van der Waals surface area contributed by atoms with Crippen LogP contribution in [0.4, 0.5) is 0 Å². The van der Waals surface area contributed by atoms with E-state index >= 15 is 0 Å². The van der Waals surface area contributed by atoms with E-state index in [-0.39, 0.29) is 5.41 Å². The molecule has 0 aliphatic carbocycles. The lowest BCUT2D eigenvalue weighted by Gasteiger charge is -2.27. The van der Waals surface area contributed by atoms with Crippen molar-refractivity contribution < 1.29 is 9.84 Å². The van der Waals surface area contributed by atoms with Crippen LogP contribution in [-0.2, 0) is 4.74 Å². The van der Waals surface area contributed by atoms with Crippen molar-refractivity contribution in [1.82, 2.24) is 0 Å². The van der Waals surface area contributed by atoms with Gasteiger partial charge in [-0.15, -0.1) is 0 Å². The van der Waals surface area contributed by atoms with E-state index in [1.165, 1.54) is 44.9 Å². The minimum Gasteiger partial charge on any atom is -0.396 e. The molecule has 102 valence electrons. The second-order valence-electron chi connectivity index (χ2n) is 6.02. The molecule has 17 heavy (non-hydrogen) atoms. The van der Waals surface area contributed by atoms with Gasteiger partial charge in [-0.3, -0.25) is 0 Å². The van der Waals surface area contributed by atoms with Crippen LogP contribution in [0.2, 0.25) is 0 Å². The zero-order chi connectivity index (χ0) is 12.6. The van der Waals surface area contributed by atoms with E-state index in [0.717, 1.165) is 25.6 Å². The summed E-state index contributed by atoms with van der Waals surface area (Å²) in [5.41, 5.74) is 0.171. The number of hydrogen-bond donors (Lipinski definition) is 1. The van der Waals surface area contributed by atoms with Crippen molar-refractivity contribution in [2.75, 3.05) is 19.8 Å². The van der Waals surface area contributed by atoms with Crippen molar-refractivity contribution in [3.8, 4) is 0 Å². The van der Waals surface area contributed by atoms with Gasteiger partial charge in [-0.25, -0.2) is 0 Å². The summed E-state index contributed by atoms with van der Waals surface area (Å²) in [6.07, 6.45) is 9.98. The SMILES string of the molecule is CCCC(C)(CO)CCCCC1CCOCC1. The van der Waals surface area contributed by atoms with Crippen molar-refractivity contribution in [2.45, 2.75) is 65.2 Å². The first-order valence-corrected chi connectivity index (χ1v) is 7.39. The molecular weight excluding hydrogens is 212 g/mol. The lowest BCUT2D eigenvalue weighted by Crippen LogP contribution is -2.21. The van der Waals surface area contributed by atoms with Gasteiger partial charge in [0.2, 0.25) is 0 Å². The molecule has 0 radical (unpaired) electrons. The summed E-state index contributed by atoms with van der Waals surface area (Å²) in [5.74, 6) is 0.898. The molecule has 1 heterocycles. The molecule has 0 bridgehead atoms. The summed E-state index contributed by atoms with van der Waals surface area (Å²) in [5, 5.41) is 9.45. The Morgan fingerprint density at radius 3 is 2.47 bits per heavy atom. The van der Waals surface area contributed by atoms with Gasteiger partial charge in [-0.2, -0.15) is 0 Å². The average molecular weight is 242 g/mol. The van der Waals surface area contributed by atoms with E-state index in [4.69, 9.17) is 4.74 Å². The highest BCUT2D eigenvalue weighted by Crippen LogP contribution is 2.30. The Hall–Kier alpha value is -0.0800. The van der Waals surface area contributed by atoms with Gasteiger partial charge < -0.3 is 9.84 Å². The summed E-state index contributed by atoms with van der Waals surface area (Å²) in [7, 11) is 0. The van der Waals surface area contributed by atoms with Crippen molar-refractivity contribution in [3.63, 3.8) is 0 Å². The summed E-state index contributed by atoms with van der Waals surface area (Å²) in [6, 6.07) is 0. The Labute approximate surface area is 107 Å². The Bertz CT molecular complexity index is 187. The molecule has 0 spiro atoms. The Balaban J connectivity index is 2.09. The fourth-order valence-electron chi connectivity index (χ4n) is 2.91. The third-order valence-corrected chi connectivity index (χ3v) is 4.22. The van der Waals surface area contributed by atoms with Crippen molar-refractivity contribution in [3.05, 3.63) is 0 Å². The monoisotopic (exact) mass is 242 g/mol. The maximum Gasteiger partial charge on any atom is 0.0484 e. The first-order valence-electron chi connectivity index (χ1n) is 7.39. The highest BCUT2D eigenvalue weighted by atomic mass is 16.5. The molecule has 1 N–H and O–H groups in total. The predicted octanol–water partition coefficient (Wildman–Crippen LogP) is 3.77. The minimum absolute atomic E-state index is 0.171. The number of aliphatic hydroxyl groups excluding tert-OH is 1. The zero-order valence-electron chi connectivity index (χ0n) is 11.7. The van der Waals surface area contributed by atoms with E-state index in [1.807, 2.05) is 0 Å². The third kappa shape index (κ3) is 5.87. The topological polar surface area (TPSA) is 29.5 Å². The highest BCUT2D eigenvalue weighted by molar-refractivity contribution is 4.73. The second-order valence-corrected chi connectivity index (χ2v) is 6.02. The van der Waals surface area contributed by atoms with Crippen LogP contribution in [0.3, 0.4) is 0 Å². The molecule has 1 atom stereocenters. The quantitative estimate of drug-likeness (QED) is 0.656. The van der Waals surface area contributed by atoms with Crippen LogP contribution in [0.5, 0.6) is 0 Å². The molecule has 1 aliphatic rings. The fourth-order valence-corrected chi connectivity index (χ4v) is 2.91. The van der Waals surface area contributed by atoms with Gasteiger partial charge in [-0.1, -0.05) is 39.5 Å². The first kappa shape index (κ1) is 15.0. The van der Waals surface area contributed by atoms with E-state index in [2.05, 4.69) is 13.8 Å². The summed E-state index contributed by atoms with van der Waals surface area (Å²) in [4.78, 5) is 0. The number of hydrogen-bond acceptors (Lipinski definition) is 2. The molecule has 2 nitrogen and oxygen atoms in total. The van der Waals surface area contributed by atoms with E-state index in [1.54, 1.807) is 0 Å². The normalized spacial score (nSPS) is 21.4. The van der Waals surface area contributed by atoms with Gasteiger partial charge >= 0.3 is 0 Å². The molecular formula is C15H30O2. The molecule has 1 aliphatic heterocycles. The number of rotatable bonds is 8. The van der Waals surface area contributed by atoms with Crippen LogP contribution in [-0.4, -0.2) is 24.9 Å². The van der Waals surface area contributed by atoms with Crippen molar-refractivity contribution in [1.29, 1.82) is 0 Å². The van der Waals surface area contributed by atoms with Crippen LogP contribution in [0, 0.1) is 11.3 Å². The second kappa shape index (κ2) is 8.10. The molecule has 0 aromatic rings. The summed E-state index contributed by atoms with van der Waals surface area (Å²) in [6.45, 7) is 6.71. The Morgan fingerprint density at radius 2 is 1.88 bits per heavy atom. The third-order valence-electron chi connectivity index (χ3n) is 4.22. The predicted molar refractivity (Wildman–Crippen MR) is 72.1 cm³/mol. The lowest BCUT2D eigenvalue weighted by molar-refractivity contribution is 0.0621. The van der Waals surface area contributed by atoms with Gasteiger partial charge in [0.25, 0.3) is 0 Å². The molecule has 0 saturated carbocycles. The number of unbranched alkanes of at least 4 members (excludes halogenated alkanes) is 1. The minimum atomic E-state index is 0.171. The zero-order valence-corrected chi connectivity index (χ0v) is 11.7. The van der Waals surface area contributed by atoms with Gasteiger partial charge in [-0.05, 0) is 37.0 Å². The molecule has 1 saturated heterocycles. The molecule has 1 fully saturated rings. The van der Waals surface area contributed by atoms with E-state index in [0.29, 0.717) is 6.61 Å². The van der Waals surface area contributed by atoms with Gasteiger partial charge in [0.1, 0.15) is 0 Å². The van der Waals surface area contributed by atoms with Crippen molar-refractivity contribution >= 4 is 0 Å². The van der Waals surface area contributed by atoms with Crippen LogP contribution in [0.15, 0.2) is 0 Å². The van der Waals surface area contributed by atoms with Crippen molar-refractivity contribution in [2.24, 2.45) is 11.3 Å². The summed E-state index contributed by atoms with van der Waals surface area (Å²) >= 11 is 0. The maximum absolute atomic E-state index is 9.45. The van der Waals surface area contributed by atoms with Crippen LogP contribution in [0.25, 0.3) is 0 Å². The standard InChI is InChI=1S/C15H30O2/c1-3-9-15(2,13-16)10-5-4-6-14-7-11-17-12-8-14/h14,16H,3-13H2,1-2H3. The largest absolute Gasteiger partial charge is 0.396 e. The summed E-state index contributed by atoms with van der Waals surface area (Å²) < 4.78 is 5.38. The van der Waals surface area contributed by atoms with Crippen LogP contribution in [0.1, 0.15) is 65.2 Å². The van der Waals surface area contributed by atoms with Gasteiger partial charge in [0.05, 0.1) is 0 Å². The van der Waals surface area contributed by atoms with E-state index < -0.39 is 0 Å². The van der Waals surface area contributed by atoms with Gasteiger partial charge in [0, 0.05) is 19.8 Å². The van der Waals surface area contributed by atoms with Crippen LogP contribution >= 0.6 is 0 Å². The number of ether oxygens (including phenoxy) is 1. The van der Waals surface area contributed by atoms with Gasteiger partial charge in [0.15, 0.2) is 0 Å². The highest BCUT2D eigenvalue weighted by Gasteiger charge is 2.21.